The Morgan fingerprint density at radius 1 is 0.531 bits per heavy atom. The van der Waals surface area contributed by atoms with Gasteiger partial charge in [-0.2, -0.15) is 10.5 Å². The van der Waals surface area contributed by atoms with Crippen LogP contribution in [0.25, 0.3) is 71.7 Å². The zero-order valence-corrected chi connectivity index (χ0v) is 26.2. The molecule has 1 aliphatic carbocycles. The van der Waals surface area contributed by atoms with Crippen LogP contribution in [0.2, 0.25) is 0 Å². The first-order chi connectivity index (χ1) is 24.2. The third kappa shape index (κ3) is 3.96. The van der Waals surface area contributed by atoms with Crippen molar-refractivity contribution in [3.63, 3.8) is 0 Å². The molecule has 0 fully saturated rings. The van der Waals surface area contributed by atoms with Crippen LogP contribution in [0.3, 0.4) is 0 Å². The predicted octanol–water partition coefficient (Wildman–Crippen LogP) is 11.3. The topological polar surface area (TPSA) is 65.7 Å². The summed E-state index contributed by atoms with van der Waals surface area (Å²) >= 11 is 0. The summed E-state index contributed by atoms with van der Waals surface area (Å²) in [5.41, 5.74) is 14.0. The van der Waals surface area contributed by atoms with Crippen LogP contribution in [0.15, 0.2) is 150 Å². The minimum Gasteiger partial charge on any atom is -0.455 e. The zero-order valence-electron chi connectivity index (χ0n) is 26.2. The van der Waals surface area contributed by atoms with E-state index < -0.39 is 0 Å². The molecule has 9 aromatic rings. The van der Waals surface area contributed by atoms with Crippen LogP contribution in [0, 0.1) is 22.7 Å². The number of nitriles is 2. The van der Waals surface area contributed by atoms with Gasteiger partial charge in [-0.1, -0.05) is 84.9 Å². The summed E-state index contributed by atoms with van der Waals surface area (Å²) in [6.45, 7) is 0. The van der Waals surface area contributed by atoms with Gasteiger partial charge >= 0.3 is 0 Å². The third-order valence-corrected chi connectivity index (χ3v) is 10.1. The number of hydrogen-bond acceptors (Lipinski definition) is 3. The number of furan rings is 1. The Labute approximate surface area is 281 Å². The molecule has 0 spiro atoms. The van der Waals surface area contributed by atoms with Crippen LogP contribution in [0.4, 0.5) is 0 Å². The van der Waals surface area contributed by atoms with Crippen molar-refractivity contribution in [2.24, 2.45) is 0 Å². The fourth-order valence-electron chi connectivity index (χ4n) is 8.00. The number of rotatable bonds is 3. The Morgan fingerprint density at radius 3 is 2.14 bits per heavy atom. The van der Waals surface area contributed by atoms with E-state index in [0.29, 0.717) is 11.1 Å². The van der Waals surface area contributed by atoms with Crippen molar-refractivity contribution < 1.29 is 4.42 Å². The Balaban J connectivity index is 1.11. The van der Waals surface area contributed by atoms with Crippen LogP contribution in [0.1, 0.15) is 33.7 Å². The van der Waals surface area contributed by atoms with Gasteiger partial charge in [0.15, 0.2) is 0 Å². The molecule has 0 bridgehead atoms. The number of hydrogen-bond donors (Lipinski definition) is 0. The number of fused-ring (bicyclic) bond motifs is 10. The van der Waals surface area contributed by atoms with Gasteiger partial charge in [-0.25, -0.2) is 0 Å². The van der Waals surface area contributed by atoms with Crippen LogP contribution < -0.4 is 0 Å². The van der Waals surface area contributed by atoms with Gasteiger partial charge in [-0.3, -0.25) is 0 Å². The van der Waals surface area contributed by atoms with Crippen LogP contribution in [0.5, 0.6) is 0 Å². The maximum atomic E-state index is 10.1. The molecule has 4 nitrogen and oxygen atoms in total. The molecule has 0 amide bonds. The third-order valence-electron chi connectivity index (χ3n) is 10.1. The summed E-state index contributed by atoms with van der Waals surface area (Å²) < 4.78 is 8.78. The molecule has 4 heteroatoms. The van der Waals surface area contributed by atoms with Gasteiger partial charge in [-0.15, -0.1) is 0 Å². The highest BCUT2D eigenvalue weighted by Crippen LogP contribution is 2.49. The summed E-state index contributed by atoms with van der Waals surface area (Å²) in [4.78, 5) is 0. The summed E-state index contributed by atoms with van der Waals surface area (Å²) in [7, 11) is 0. The normalized spacial score (nSPS) is 13.5. The molecule has 1 atom stereocenters. The minimum atomic E-state index is -0.0297. The molecule has 0 saturated carbocycles. The summed E-state index contributed by atoms with van der Waals surface area (Å²) in [6, 6.07) is 54.9. The van der Waals surface area contributed by atoms with Crippen molar-refractivity contribution in [2.45, 2.75) is 5.92 Å². The summed E-state index contributed by atoms with van der Waals surface area (Å²) in [5.74, 6) is -0.0297. The number of benzene rings is 7. The molecule has 0 radical (unpaired) electrons. The molecule has 1 unspecified atom stereocenters. The van der Waals surface area contributed by atoms with Crippen molar-refractivity contribution in [2.75, 3.05) is 0 Å². The second-order valence-electron chi connectivity index (χ2n) is 12.7. The Hall–Kier alpha value is -6.88. The van der Waals surface area contributed by atoms with E-state index in [-0.39, 0.29) is 5.92 Å². The van der Waals surface area contributed by atoms with E-state index in [9.17, 15) is 10.5 Å². The van der Waals surface area contributed by atoms with Gasteiger partial charge in [0.05, 0.1) is 39.7 Å². The van der Waals surface area contributed by atoms with E-state index in [1.807, 2.05) is 42.5 Å². The maximum Gasteiger partial charge on any atom is 0.145 e. The van der Waals surface area contributed by atoms with Gasteiger partial charge in [0.1, 0.15) is 11.2 Å². The fraction of sp³-hybridized carbons (Fsp3) is 0.0222. The highest BCUT2D eigenvalue weighted by molar-refractivity contribution is 6.23. The molecule has 49 heavy (non-hydrogen) atoms. The summed E-state index contributed by atoms with van der Waals surface area (Å²) in [5, 5.41) is 24.2. The van der Waals surface area contributed by atoms with Gasteiger partial charge in [0, 0.05) is 27.8 Å². The van der Waals surface area contributed by atoms with E-state index >= 15 is 0 Å². The largest absolute Gasteiger partial charge is 0.455 e. The lowest BCUT2D eigenvalue weighted by atomic mass is 9.86. The lowest BCUT2D eigenvalue weighted by molar-refractivity contribution is 0.673. The SMILES string of the molecule is N#Cc1cc(-c2ccc(-n3c4ccccc4c4c5oc6ccccc6c5ccc43)cc2)cc(C2c3ccccc3-c3cc(C#N)ccc32)c1. The van der Waals surface area contributed by atoms with Crippen molar-refractivity contribution in [3.8, 4) is 40.1 Å². The average molecular weight is 624 g/mol. The number of nitrogens with zero attached hydrogens (tertiary/aromatic N) is 3. The lowest BCUT2D eigenvalue weighted by Gasteiger charge is -2.17. The van der Waals surface area contributed by atoms with E-state index in [1.165, 1.54) is 5.56 Å². The predicted molar refractivity (Wildman–Crippen MR) is 196 cm³/mol. The molecular weight excluding hydrogens is 599 g/mol. The van der Waals surface area contributed by atoms with Gasteiger partial charge < -0.3 is 8.98 Å². The Morgan fingerprint density at radius 2 is 1.29 bits per heavy atom. The van der Waals surface area contributed by atoms with Gasteiger partial charge in [0.25, 0.3) is 0 Å². The first-order valence-electron chi connectivity index (χ1n) is 16.3. The fourth-order valence-corrected chi connectivity index (χ4v) is 8.00. The van der Waals surface area contributed by atoms with Crippen molar-refractivity contribution in [1.29, 1.82) is 10.5 Å². The zero-order chi connectivity index (χ0) is 32.6. The quantitative estimate of drug-likeness (QED) is 0.197. The number of aromatic nitrogens is 1. The molecule has 0 aliphatic heterocycles. The van der Waals surface area contributed by atoms with E-state index in [4.69, 9.17) is 4.42 Å². The molecule has 0 saturated heterocycles. The molecule has 7 aromatic carbocycles. The van der Waals surface area contributed by atoms with Crippen LogP contribution in [-0.2, 0) is 0 Å². The maximum absolute atomic E-state index is 10.1. The standard InChI is InChI=1S/C45H25N3O/c46-25-27-13-18-36-39(23-27)33-7-1-2-9-35(33)43(36)31-22-28(26-47)21-30(24-31)29-14-16-32(17-15-29)48-40-11-5-3-10-38(40)44-41(48)20-19-37-34-8-4-6-12-42(34)49-45(37)44/h1-24,43H. The summed E-state index contributed by atoms with van der Waals surface area (Å²) in [6.07, 6.45) is 0. The van der Waals surface area contributed by atoms with E-state index in [2.05, 4.69) is 120 Å². The molecule has 226 valence electrons. The van der Waals surface area contributed by atoms with Crippen molar-refractivity contribution in [1.82, 2.24) is 4.57 Å². The molecular formula is C45H25N3O. The molecule has 10 rings (SSSR count). The van der Waals surface area contributed by atoms with E-state index in [1.54, 1.807) is 0 Å². The Kier molecular flexibility index (Phi) is 5.73. The Bertz CT molecular complexity index is 2910. The first kappa shape index (κ1) is 27.3. The smallest absolute Gasteiger partial charge is 0.145 e. The first-order valence-corrected chi connectivity index (χ1v) is 16.3. The monoisotopic (exact) mass is 623 g/mol. The molecule has 2 aromatic heterocycles. The number of para-hydroxylation sites is 2. The highest BCUT2D eigenvalue weighted by Gasteiger charge is 2.30. The van der Waals surface area contributed by atoms with E-state index in [0.717, 1.165) is 82.8 Å². The second-order valence-corrected chi connectivity index (χ2v) is 12.7. The molecule has 1 aliphatic rings. The van der Waals surface area contributed by atoms with Gasteiger partial charge in [-0.05, 0) is 99.6 Å². The second kappa shape index (κ2) is 10.3. The van der Waals surface area contributed by atoms with Gasteiger partial charge in [0.2, 0.25) is 0 Å². The molecule has 2 heterocycles. The molecule has 0 N–H and O–H groups in total. The average Bonchev–Trinajstić information content (AvgIpc) is 3.82. The van der Waals surface area contributed by atoms with Crippen molar-refractivity contribution >= 4 is 43.7 Å². The van der Waals surface area contributed by atoms with Crippen LogP contribution >= 0.6 is 0 Å². The lowest BCUT2D eigenvalue weighted by Crippen LogP contribution is -2.01. The highest BCUT2D eigenvalue weighted by atomic mass is 16.3. The van der Waals surface area contributed by atoms with Crippen LogP contribution in [-0.4, -0.2) is 4.57 Å². The minimum absolute atomic E-state index is 0.0297. The van der Waals surface area contributed by atoms with Crippen molar-refractivity contribution in [3.05, 3.63) is 173 Å².